The van der Waals surface area contributed by atoms with Crippen molar-refractivity contribution in [1.82, 2.24) is 19.2 Å². The van der Waals surface area contributed by atoms with E-state index >= 15 is 0 Å². The summed E-state index contributed by atoms with van der Waals surface area (Å²) in [6.07, 6.45) is 0. The van der Waals surface area contributed by atoms with Crippen molar-refractivity contribution in [2.45, 2.75) is 13.2 Å². The second-order valence-electron chi connectivity index (χ2n) is 5.99. The van der Waals surface area contributed by atoms with Crippen LogP contribution in [0, 0.1) is 4.77 Å². The van der Waals surface area contributed by atoms with Crippen molar-refractivity contribution in [3.8, 4) is 10.7 Å². The summed E-state index contributed by atoms with van der Waals surface area (Å²) in [5, 5.41) is 6.69. The predicted octanol–water partition coefficient (Wildman–Crippen LogP) is 3.56. The number of methoxy groups -OCH3 is 1. The Kier molecular flexibility index (Phi) is 5.65. The van der Waals surface area contributed by atoms with Gasteiger partial charge in [0.2, 0.25) is 0 Å². The number of thiophene rings is 1. The maximum absolute atomic E-state index is 11.5. The van der Waals surface area contributed by atoms with E-state index in [-0.39, 0.29) is 5.97 Å². The van der Waals surface area contributed by atoms with Gasteiger partial charge < -0.3 is 9.30 Å². The molecule has 0 fully saturated rings. The van der Waals surface area contributed by atoms with Crippen LogP contribution in [0.25, 0.3) is 10.7 Å². The fourth-order valence-corrected chi connectivity index (χ4v) is 3.58. The van der Waals surface area contributed by atoms with E-state index < -0.39 is 0 Å². The quantitative estimate of drug-likeness (QED) is 0.477. The minimum atomic E-state index is -0.328. The van der Waals surface area contributed by atoms with Crippen molar-refractivity contribution in [3.63, 3.8) is 0 Å². The van der Waals surface area contributed by atoms with Gasteiger partial charge in [0, 0.05) is 13.6 Å². The number of rotatable bonds is 6. The van der Waals surface area contributed by atoms with Crippen LogP contribution in [0.1, 0.15) is 15.9 Å². The first kappa shape index (κ1) is 18.5. The molecule has 0 radical (unpaired) electrons. The zero-order valence-electron chi connectivity index (χ0n) is 14.9. The van der Waals surface area contributed by atoms with Crippen molar-refractivity contribution in [3.05, 3.63) is 57.7 Å². The first-order valence-electron chi connectivity index (χ1n) is 8.03. The summed E-state index contributed by atoms with van der Waals surface area (Å²) >= 11 is 7.16. The molecule has 0 aliphatic heterocycles. The minimum absolute atomic E-state index is 0.328. The second-order valence-corrected chi connectivity index (χ2v) is 7.30. The Morgan fingerprint density at radius 2 is 2.04 bits per heavy atom. The van der Waals surface area contributed by atoms with Gasteiger partial charge in [0.25, 0.3) is 0 Å². The van der Waals surface area contributed by atoms with Gasteiger partial charge >= 0.3 is 5.97 Å². The molecule has 3 aromatic rings. The Balaban J connectivity index is 1.70. The molecule has 3 rings (SSSR count). The van der Waals surface area contributed by atoms with Crippen molar-refractivity contribution in [2.24, 2.45) is 7.05 Å². The van der Waals surface area contributed by atoms with Crippen LogP contribution in [0.2, 0.25) is 0 Å². The molecule has 2 aromatic heterocycles. The van der Waals surface area contributed by atoms with Crippen LogP contribution in [0.3, 0.4) is 0 Å². The van der Waals surface area contributed by atoms with Crippen LogP contribution >= 0.6 is 23.6 Å². The first-order chi connectivity index (χ1) is 12.5. The van der Waals surface area contributed by atoms with Crippen LogP contribution in [-0.4, -0.2) is 39.4 Å². The average Bonchev–Trinajstić information content (AvgIpc) is 3.26. The molecule has 0 saturated heterocycles. The Hall–Kier alpha value is -2.29. The maximum atomic E-state index is 11.5. The lowest BCUT2D eigenvalue weighted by Crippen LogP contribution is -2.22. The topological polar surface area (TPSA) is 52.3 Å². The third-order valence-corrected chi connectivity index (χ3v) is 5.34. The second kappa shape index (κ2) is 7.94. The lowest BCUT2D eigenvalue weighted by atomic mass is 10.1. The standard InChI is InChI=1S/C18H20N4O2S2/c1-20(11-13-6-8-14(9-7-13)17(23)24-3)12-22-18(25)21(2)16(19-22)15-5-4-10-26-15/h4-10H,11-12H2,1-3H3. The Morgan fingerprint density at radius 1 is 1.31 bits per heavy atom. The highest BCUT2D eigenvalue weighted by atomic mass is 32.1. The van der Waals surface area contributed by atoms with Gasteiger partial charge in [-0.25, -0.2) is 9.48 Å². The monoisotopic (exact) mass is 388 g/mol. The molecule has 136 valence electrons. The summed E-state index contributed by atoms with van der Waals surface area (Å²) in [4.78, 5) is 14.7. The third-order valence-electron chi connectivity index (χ3n) is 3.99. The molecule has 0 atom stereocenters. The maximum Gasteiger partial charge on any atom is 0.337 e. The van der Waals surface area contributed by atoms with Crippen LogP contribution in [0.15, 0.2) is 41.8 Å². The van der Waals surface area contributed by atoms with E-state index in [0.717, 1.165) is 16.3 Å². The summed E-state index contributed by atoms with van der Waals surface area (Å²) < 4.78 is 9.16. The van der Waals surface area contributed by atoms with Crippen LogP contribution < -0.4 is 0 Å². The number of carbonyl (C=O) groups is 1. The Bertz CT molecular complexity index is 943. The molecule has 0 amide bonds. The smallest absolute Gasteiger partial charge is 0.337 e. The Labute approximate surface area is 161 Å². The van der Waals surface area contributed by atoms with Crippen molar-refractivity contribution in [2.75, 3.05) is 14.2 Å². The molecular weight excluding hydrogens is 368 g/mol. The highest BCUT2D eigenvalue weighted by molar-refractivity contribution is 7.71. The normalized spacial score (nSPS) is 11.1. The molecule has 0 aliphatic carbocycles. The lowest BCUT2D eigenvalue weighted by Gasteiger charge is -2.16. The van der Waals surface area contributed by atoms with Gasteiger partial charge in [0.15, 0.2) is 10.6 Å². The van der Waals surface area contributed by atoms with E-state index in [0.29, 0.717) is 23.5 Å². The number of hydrogen-bond acceptors (Lipinski definition) is 6. The average molecular weight is 389 g/mol. The van der Waals surface area contributed by atoms with Crippen LogP contribution in [0.4, 0.5) is 0 Å². The van der Waals surface area contributed by atoms with Crippen molar-refractivity contribution in [1.29, 1.82) is 0 Å². The van der Waals surface area contributed by atoms with Gasteiger partial charge in [0.05, 0.1) is 24.2 Å². The molecule has 0 aliphatic rings. The SMILES string of the molecule is COC(=O)c1ccc(CN(C)Cn2nc(-c3cccs3)n(C)c2=S)cc1. The van der Waals surface area contributed by atoms with E-state index in [2.05, 4.69) is 10.00 Å². The van der Waals surface area contributed by atoms with E-state index in [1.807, 2.05) is 53.0 Å². The number of benzene rings is 1. The fourth-order valence-electron chi connectivity index (χ4n) is 2.65. The number of aromatic nitrogens is 3. The summed E-state index contributed by atoms with van der Waals surface area (Å²) in [5.41, 5.74) is 1.65. The molecule has 0 saturated carbocycles. The molecule has 0 spiro atoms. The highest BCUT2D eigenvalue weighted by Gasteiger charge is 2.12. The summed E-state index contributed by atoms with van der Waals surface area (Å²) in [5.74, 6) is 0.548. The van der Waals surface area contributed by atoms with Crippen LogP contribution in [0.5, 0.6) is 0 Å². The number of nitrogens with zero attached hydrogens (tertiary/aromatic N) is 4. The molecule has 8 heteroatoms. The molecular formula is C18H20N4O2S2. The third kappa shape index (κ3) is 3.92. The van der Waals surface area contributed by atoms with E-state index in [1.165, 1.54) is 7.11 Å². The molecule has 0 bridgehead atoms. The molecule has 0 N–H and O–H groups in total. The minimum Gasteiger partial charge on any atom is -0.465 e. The van der Waals surface area contributed by atoms with Gasteiger partial charge in [-0.2, -0.15) is 0 Å². The highest BCUT2D eigenvalue weighted by Crippen LogP contribution is 2.22. The zero-order valence-corrected chi connectivity index (χ0v) is 16.5. The molecule has 2 heterocycles. The summed E-state index contributed by atoms with van der Waals surface area (Å²) in [7, 11) is 5.33. The van der Waals surface area contributed by atoms with Crippen LogP contribution in [-0.2, 0) is 25.0 Å². The summed E-state index contributed by atoms with van der Waals surface area (Å²) in [6.45, 7) is 1.30. The number of hydrogen-bond donors (Lipinski definition) is 0. The van der Waals surface area contributed by atoms with Gasteiger partial charge in [-0.3, -0.25) is 4.90 Å². The zero-order chi connectivity index (χ0) is 18.7. The molecule has 1 aromatic carbocycles. The number of carbonyl (C=O) groups excluding carboxylic acids is 1. The van der Waals surface area contributed by atoms with E-state index in [4.69, 9.17) is 17.0 Å². The van der Waals surface area contributed by atoms with Gasteiger partial charge in [-0.15, -0.1) is 16.4 Å². The Morgan fingerprint density at radius 3 is 2.65 bits per heavy atom. The molecule has 6 nitrogen and oxygen atoms in total. The fraction of sp³-hybridized carbons (Fsp3) is 0.278. The van der Waals surface area contributed by atoms with E-state index in [9.17, 15) is 4.79 Å². The van der Waals surface area contributed by atoms with Gasteiger partial charge in [-0.05, 0) is 48.4 Å². The summed E-state index contributed by atoms with van der Waals surface area (Å²) in [6, 6.07) is 11.5. The number of esters is 1. The first-order valence-corrected chi connectivity index (χ1v) is 9.32. The largest absolute Gasteiger partial charge is 0.465 e. The van der Waals surface area contributed by atoms with Crippen molar-refractivity contribution >= 4 is 29.5 Å². The van der Waals surface area contributed by atoms with Gasteiger partial charge in [-0.1, -0.05) is 18.2 Å². The number of ether oxygens (including phenoxy) is 1. The van der Waals surface area contributed by atoms with E-state index in [1.54, 1.807) is 23.5 Å². The lowest BCUT2D eigenvalue weighted by molar-refractivity contribution is 0.0600. The molecule has 0 unspecified atom stereocenters. The molecule has 26 heavy (non-hydrogen) atoms. The van der Waals surface area contributed by atoms with Crippen molar-refractivity contribution < 1.29 is 9.53 Å². The predicted molar refractivity (Wildman–Crippen MR) is 105 cm³/mol. The van der Waals surface area contributed by atoms with Gasteiger partial charge in [0.1, 0.15) is 0 Å².